The summed E-state index contributed by atoms with van der Waals surface area (Å²) >= 11 is 0. The first kappa shape index (κ1) is 15.5. The number of nitrogens with zero attached hydrogens (tertiary/aromatic N) is 1. The third-order valence-corrected chi connectivity index (χ3v) is 3.92. The van der Waals surface area contributed by atoms with Crippen LogP contribution in [-0.4, -0.2) is 37.0 Å². The lowest BCUT2D eigenvalue weighted by molar-refractivity contribution is -0.138. The van der Waals surface area contributed by atoms with Crippen molar-refractivity contribution in [1.29, 1.82) is 0 Å². The van der Waals surface area contributed by atoms with Gasteiger partial charge in [0.25, 0.3) is 0 Å². The molecule has 0 spiro atoms. The van der Waals surface area contributed by atoms with E-state index in [1.165, 1.54) is 32.1 Å². The average molecular weight is 254 g/mol. The van der Waals surface area contributed by atoms with E-state index in [1.54, 1.807) is 0 Å². The predicted octanol–water partition coefficient (Wildman–Crippen LogP) is 2.66. The van der Waals surface area contributed by atoms with Crippen LogP contribution in [0, 0.1) is 11.8 Å². The molecular formula is C15H30N2O. The van der Waals surface area contributed by atoms with Crippen LogP contribution in [-0.2, 0) is 4.79 Å². The Balaban J connectivity index is 2.55. The number of likely N-dealkylation sites (tertiary alicyclic amines) is 1. The van der Waals surface area contributed by atoms with E-state index in [2.05, 4.69) is 24.1 Å². The van der Waals surface area contributed by atoms with Gasteiger partial charge in [0.05, 0.1) is 0 Å². The Morgan fingerprint density at radius 1 is 1.33 bits per heavy atom. The highest BCUT2D eigenvalue weighted by molar-refractivity contribution is 5.79. The van der Waals surface area contributed by atoms with Gasteiger partial charge in [-0.3, -0.25) is 4.79 Å². The SMILES string of the molecule is CNCC(C)C(=O)N1CCCCC1CCC(C)C. The van der Waals surface area contributed by atoms with Crippen LogP contribution in [0.1, 0.15) is 52.9 Å². The molecule has 1 amide bonds. The van der Waals surface area contributed by atoms with Gasteiger partial charge in [0.15, 0.2) is 0 Å². The number of carbonyl (C=O) groups is 1. The first-order valence-corrected chi connectivity index (χ1v) is 7.51. The maximum atomic E-state index is 12.4. The zero-order valence-electron chi connectivity index (χ0n) is 12.5. The highest BCUT2D eigenvalue weighted by Crippen LogP contribution is 2.24. The molecule has 2 unspecified atom stereocenters. The molecule has 0 aromatic heterocycles. The minimum absolute atomic E-state index is 0.106. The maximum Gasteiger partial charge on any atom is 0.226 e. The van der Waals surface area contributed by atoms with Gasteiger partial charge in [0, 0.05) is 25.0 Å². The van der Waals surface area contributed by atoms with Crippen molar-refractivity contribution in [2.75, 3.05) is 20.1 Å². The fourth-order valence-corrected chi connectivity index (χ4v) is 2.79. The molecule has 2 atom stereocenters. The van der Waals surface area contributed by atoms with Crippen molar-refractivity contribution in [3.8, 4) is 0 Å². The number of amides is 1. The highest BCUT2D eigenvalue weighted by atomic mass is 16.2. The van der Waals surface area contributed by atoms with Crippen LogP contribution < -0.4 is 5.32 Å². The molecule has 0 aromatic carbocycles. The quantitative estimate of drug-likeness (QED) is 0.790. The Hall–Kier alpha value is -0.570. The Morgan fingerprint density at radius 2 is 2.06 bits per heavy atom. The molecule has 1 aliphatic heterocycles. The molecule has 0 aromatic rings. The Bertz CT molecular complexity index is 253. The van der Waals surface area contributed by atoms with Crippen molar-refractivity contribution in [2.45, 2.75) is 58.9 Å². The van der Waals surface area contributed by atoms with Gasteiger partial charge in [-0.25, -0.2) is 0 Å². The summed E-state index contributed by atoms with van der Waals surface area (Å²) in [6.07, 6.45) is 6.07. The number of nitrogens with one attached hydrogen (secondary N) is 1. The predicted molar refractivity (Wildman–Crippen MR) is 76.5 cm³/mol. The van der Waals surface area contributed by atoms with Gasteiger partial charge in [0.2, 0.25) is 5.91 Å². The van der Waals surface area contributed by atoms with Crippen LogP contribution in [0.5, 0.6) is 0 Å². The molecule has 0 radical (unpaired) electrons. The second-order valence-electron chi connectivity index (χ2n) is 6.11. The van der Waals surface area contributed by atoms with E-state index in [-0.39, 0.29) is 5.92 Å². The topological polar surface area (TPSA) is 32.3 Å². The van der Waals surface area contributed by atoms with Crippen LogP contribution in [0.15, 0.2) is 0 Å². The number of rotatable bonds is 6. The summed E-state index contributed by atoms with van der Waals surface area (Å²) in [6.45, 7) is 8.31. The summed E-state index contributed by atoms with van der Waals surface area (Å²) in [5.41, 5.74) is 0. The molecule has 1 N–H and O–H groups in total. The zero-order chi connectivity index (χ0) is 13.5. The fraction of sp³-hybridized carbons (Fsp3) is 0.933. The summed E-state index contributed by atoms with van der Waals surface area (Å²) in [5, 5.41) is 3.11. The van der Waals surface area contributed by atoms with Gasteiger partial charge < -0.3 is 10.2 Å². The molecule has 0 bridgehead atoms. The molecule has 3 heteroatoms. The van der Waals surface area contributed by atoms with Crippen molar-refractivity contribution in [3.05, 3.63) is 0 Å². The maximum absolute atomic E-state index is 12.4. The van der Waals surface area contributed by atoms with E-state index >= 15 is 0 Å². The van der Waals surface area contributed by atoms with E-state index < -0.39 is 0 Å². The number of carbonyl (C=O) groups excluding carboxylic acids is 1. The van der Waals surface area contributed by atoms with Crippen LogP contribution in [0.2, 0.25) is 0 Å². The standard InChI is InChI=1S/C15H30N2O/c1-12(2)8-9-14-7-5-6-10-17(14)15(18)13(3)11-16-4/h12-14,16H,5-11H2,1-4H3. The largest absolute Gasteiger partial charge is 0.339 e. The normalized spacial score (nSPS) is 22.3. The summed E-state index contributed by atoms with van der Waals surface area (Å²) in [6, 6.07) is 0.493. The smallest absolute Gasteiger partial charge is 0.226 e. The van der Waals surface area contributed by atoms with E-state index in [1.807, 2.05) is 14.0 Å². The van der Waals surface area contributed by atoms with E-state index in [0.29, 0.717) is 11.9 Å². The summed E-state index contributed by atoms with van der Waals surface area (Å²) < 4.78 is 0. The van der Waals surface area contributed by atoms with Crippen LogP contribution >= 0.6 is 0 Å². The average Bonchev–Trinajstić information content (AvgIpc) is 2.36. The second kappa shape index (κ2) is 7.78. The second-order valence-corrected chi connectivity index (χ2v) is 6.11. The van der Waals surface area contributed by atoms with Crippen molar-refractivity contribution in [2.24, 2.45) is 11.8 Å². The lowest BCUT2D eigenvalue weighted by Crippen LogP contribution is -2.47. The van der Waals surface area contributed by atoms with Crippen molar-refractivity contribution >= 4 is 5.91 Å². The van der Waals surface area contributed by atoms with Gasteiger partial charge in [-0.15, -0.1) is 0 Å². The van der Waals surface area contributed by atoms with E-state index in [0.717, 1.165) is 19.0 Å². The lowest BCUT2D eigenvalue weighted by Gasteiger charge is -2.37. The molecule has 3 nitrogen and oxygen atoms in total. The Labute approximate surface area is 112 Å². The molecule has 0 saturated carbocycles. The molecule has 18 heavy (non-hydrogen) atoms. The first-order valence-electron chi connectivity index (χ1n) is 7.51. The minimum atomic E-state index is 0.106. The van der Waals surface area contributed by atoms with E-state index in [4.69, 9.17) is 0 Å². The van der Waals surface area contributed by atoms with Crippen molar-refractivity contribution in [3.63, 3.8) is 0 Å². The monoisotopic (exact) mass is 254 g/mol. The molecule has 1 heterocycles. The summed E-state index contributed by atoms with van der Waals surface area (Å²) in [4.78, 5) is 14.6. The fourth-order valence-electron chi connectivity index (χ4n) is 2.79. The van der Waals surface area contributed by atoms with Crippen LogP contribution in [0.3, 0.4) is 0 Å². The molecule has 1 saturated heterocycles. The van der Waals surface area contributed by atoms with Gasteiger partial charge in [-0.05, 0) is 45.1 Å². The van der Waals surface area contributed by atoms with Crippen molar-refractivity contribution < 1.29 is 4.79 Å². The molecular weight excluding hydrogens is 224 g/mol. The first-order chi connectivity index (χ1) is 8.56. The van der Waals surface area contributed by atoms with Crippen LogP contribution in [0.4, 0.5) is 0 Å². The Morgan fingerprint density at radius 3 is 2.67 bits per heavy atom. The lowest BCUT2D eigenvalue weighted by atomic mass is 9.93. The highest BCUT2D eigenvalue weighted by Gasteiger charge is 2.28. The van der Waals surface area contributed by atoms with Gasteiger partial charge in [-0.2, -0.15) is 0 Å². The van der Waals surface area contributed by atoms with Crippen LogP contribution in [0.25, 0.3) is 0 Å². The third-order valence-electron chi connectivity index (χ3n) is 3.92. The summed E-state index contributed by atoms with van der Waals surface area (Å²) in [5.74, 6) is 1.19. The molecule has 1 aliphatic rings. The number of hydrogen-bond donors (Lipinski definition) is 1. The molecule has 106 valence electrons. The zero-order valence-corrected chi connectivity index (χ0v) is 12.5. The Kier molecular flexibility index (Phi) is 6.69. The number of piperidine rings is 1. The molecule has 1 fully saturated rings. The third kappa shape index (κ3) is 4.60. The molecule has 1 rings (SSSR count). The summed E-state index contributed by atoms with van der Waals surface area (Å²) in [7, 11) is 1.91. The van der Waals surface area contributed by atoms with Crippen molar-refractivity contribution in [1.82, 2.24) is 10.2 Å². The van der Waals surface area contributed by atoms with Gasteiger partial charge in [0.1, 0.15) is 0 Å². The van der Waals surface area contributed by atoms with Gasteiger partial charge in [-0.1, -0.05) is 20.8 Å². The molecule has 0 aliphatic carbocycles. The van der Waals surface area contributed by atoms with Gasteiger partial charge >= 0.3 is 0 Å². The minimum Gasteiger partial charge on any atom is -0.339 e. The number of hydrogen-bond acceptors (Lipinski definition) is 2. The van der Waals surface area contributed by atoms with E-state index in [9.17, 15) is 4.79 Å².